The van der Waals surface area contributed by atoms with Crippen molar-refractivity contribution in [2.75, 3.05) is 0 Å². The lowest BCUT2D eigenvalue weighted by molar-refractivity contribution is -0.159. The molecule has 2 aromatic carbocycles. The summed E-state index contributed by atoms with van der Waals surface area (Å²) in [6, 6.07) is 13.3. The van der Waals surface area contributed by atoms with Crippen molar-refractivity contribution in [2.45, 2.75) is 98.1 Å². The summed E-state index contributed by atoms with van der Waals surface area (Å²) in [4.78, 5) is 54.2. The maximum Gasteiger partial charge on any atom is 0.408 e. The first-order valence-corrected chi connectivity index (χ1v) is 13.8. The highest BCUT2D eigenvalue weighted by molar-refractivity contribution is 5.94. The maximum absolute atomic E-state index is 14.0. The van der Waals surface area contributed by atoms with Crippen LogP contribution in [-0.4, -0.2) is 52.1 Å². The predicted octanol–water partition coefficient (Wildman–Crippen LogP) is 4.75. The molecule has 9 nitrogen and oxygen atoms in total. The van der Waals surface area contributed by atoms with E-state index in [1.807, 2.05) is 50.2 Å². The summed E-state index contributed by atoms with van der Waals surface area (Å²) in [6.45, 7) is 15.6. The fraction of sp³-hybridized carbons (Fsp3) is 0.455. The van der Waals surface area contributed by atoms with Crippen molar-refractivity contribution in [1.82, 2.24) is 15.5 Å². The Hall–Kier alpha value is -4.32. The van der Waals surface area contributed by atoms with E-state index in [1.54, 1.807) is 53.7 Å². The van der Waals surface area contributed by atoms with Crippen molar-refractivity contribution in [2.24, 2.45) is 0 Å². The Kier molecular flexibility index (Phi) is 11.3. The summed E-state index contributed by atoms with van der Waals surface area (Å²) in [5.41, 5.74) is 1.52. The van der Waals surface area contributed by atoms with Crippen LogP contribution in [-0.2, 0) is 30.3 Å². The summed E-state index contributed by atoms with van der Waals surface area (Å²) in [6.07, 6.45) is 5.17. The number of aryl methyl sites for hydroxylation is 2. The van der Waals surface area contributed by atoms with Crippen molar-refractivity contribution in [3.05, 3.63) is 70.8 Å². The number of terminal acetylenes is 1. The Bertz CT molecular complexity index is 1320. The molecule has 2 aromatic rings. The molecule has 0 radical (unpaired) electrons. The Morgan fingerprint density at radius 1 is 0.881 bits per heavy atom. The molecule has 0 bridgehead atoms. The van der Waals surface area contributed by atoms with Crippen LogP contribution in [0.5, 0.6) is 0 Å². The summed E-state index contributed by atoms with van der Waals surface area (Å²) in [5.74, 6) is -2.02. The van der Waals surface area contributed by atoms with Gasteiger partial charge in [0.1, 0.15) is 29.3 Å². The molecule has 226 valence electrons. The SMILES string of the molecule is C#CN(C(=O)C(C)NC(=O)OC(C)(C)C)C(C(=O)NC(Cc1ccccc1)C(=O)OC(C)(C)C)c1ccc(C)c(C)c1. The number of alkyl carbamates (subject to hydrolysis) is 1. The second-order valence-electron chi connectivity index (χ2n) is 12.2. The zero-order valence-electron chi connectivity index (χ0n) is 26.0. The molecule has 0 aromatic heterocycles. The van der Waals surface area contributed by atoms with Crippen molar-refractivity contribution in [3.8, 4) is 12.5 Å². The average molecular weight is 578 g/mol. The highest BCUT2D eigenvalue weighted by Crippen LogP contribution is 2.25. The van der Waals surface area contributed by atoms with Gasteiger partial charge in [0, 0.05) is 12.5 Å². The third-order valence-electron chi connectivity index (χ3n) is 6.12. The van der Waals surface area contributed by atoms with Crippen LogP contribution in [0.1, 0.15) is 76.8 Å². The average Bonchev–Trinajstić information content (AvgIpc) is 2.86. The molecule has 0 heterocycles. The van der Waals surface area contributed by atoms with E-state index in [0.29, 0.717) is 5.56 Å². The molecule has 0 aliphatic heterocycles. The zero-order chi connectivity index (χ0) is 31.8. The van der Waals surface area contributed by atoms with Crippen LogP contribution >= 0.6 is 0 Å². The Morgan fingerprint density at radius 2 is 1.48 bits per heavy atom. The molecule has 3 amide bonds. The first kappa shape index (κ1) is 33.9. The normalized spacial score (nSPS) is 13.5. The van der Waals surface area contributed by atoms with Crippen LogP contribution in [0.2, 0.25) is 0 Å². The maximum atomic E-state index is 14.0. The molecule has 0 saturated heterocycles. The molecule has 0 saturated carbocycles. The minimum absolute atomic E-state index is 0.155. The topological polar surface area (TPSA) is 114 Å². The largest absolute Gasteiger partial charge is 0.458 e. The van der Waals surface area contributed by atoms with Gasteiger partial charge in [-0.1, -0.05) is 55.0 Å². The predicted molar refractivity (Wildman–Crippen MR) is 161 cm³/mol. The highest BCUT2D eigenvalue weighted by Gasteiger charge is 2.37. The number of benzene rings is 2. The second kappa shape index (κ2) is 14.0. The molecule has 2 rings (SSSR count). The lowest BCUT2D eigenvalue weighted by Crippen LogP contribution is -2.53. The molecule has 0 fully saturated rings. The van der Waals surface area contributed by atoms with Gasteiger partial charge in [0.2, 0.25) is 5.91 Å². The number of nitrogens with zero attached hydrogens (tertiary/aromatic N) is 1. The lowest BCUT2D eigenvalue weighted by atomic mass is 9.98. The first-order chi connectivity index (χ1) is 19.4. The fourth-order valence-corrected chi connectivity index (χ4v) is 4.04. The summed E-state index contributed by atoms with van der Waals surface area (Å²) >= 11 is 0. The number of hydrogen-bond acceptors (Lipinski definition) is 6. The van der Waals surface area contributed by atoms with Crippen LogP contribution in [0, 0.1) is 26.3 Å². The number of rotatable bonds is 9. The lowest BCUT2D eigenvalue weighted by Gasteiger charge is -2.31. The van der Waals surface area contributed by atoms with Gasteiger partial charge in [-0.15, -0.1) is 0 Å². The third-order valence-corrected chi connectivity index (χ3v) is 6.12. The minimum Gasteiger partial charge on any atom is -0.458 e. The summed E-state index contributed by atoms with van der Waals surface area (Å²) in [5, 5.41) is 5.27. The van der Waals surface area contributed by atoms with Gasteiger partial charge in [-0.05, 0) is 84.6 Å². The van der Waals surface area contributed by atoms with E-state index in [9.17, 15) is 19.2 Å². The third kappa shape index (κ3) is 10.3. The van der Waals surface area contributed by atoms with Gasteiger partial charge >= 0.3 is 12.1 Å². The van der Waals surface area contributed by atoms with Crippen LogP contribution in [0.25, 0.3) is 0 Å². The number of carbonyl (C=O) groups excluding carboxylic acids is 4. The molecule has 0 aliphatic carbocycles. The fourth-order valence-electron chi connectivity index (χ4n) is 4.04. The molecule has 9 heteroatoms. The van der Waals surface area contributed by atoms with Crippen LogP contribution in [0.15, 0.2) is 48.5 Å². The van der Waals surface area contributed by atoms with E-state index < -0.39 is 53.2 Å². The van der Waals surface area contributed by atoms with Crippen molar-refractivity contribution < 1.29 is 28.7 Å². The van der Waals surface area contributed by atoms with E-state index in [0.717, 1.165) is 21.6 Å². The van der Waals surface area contributed by atoms with E-state index in [-0.39, 0.29) is 6.42 Å². The molecule has 2 N–H and O–H groups in total. The molecular formula is C33H43N3O6. The summed E-state index contributed by atoms with van der Waals surface area (Å²) < 4.78 is 10.9. The Balaban J connectivity index is 2.48. The molecule has 3 unspecified atom stereocenters. The van der Waals surface area contributed by atoms with Gasteiger partial charge in [-0.2, -0.15) is 0 Å². The highest BCUT2D eigenvalue weighted by atomic mass is 16.6. The van der Waals surface area contributed by atoms with E-state index in [1.165, 1.54) is 6.92 Å². The van der Waals surface area contributed by atoms with E-state index >= 15 is 0 Å². The first-order valence-electron chi connectivity index (χ1n) is 13.8. The van der Waals surface area contributed by atoms with Gasteiger partial charge in [-0.3, -0.25) is 14.5 Å². The van der Waals surface area contributed by atoms with Crippen LogP contribution < -0.4 is 10.6 Å². The number of ether oxygens (including phenoxy) is 2. The summed E-state index contributed by atoms with van der Waals surface area (Å²) in [7, 11) is 0. The number of hydrogen-bond donors (Lipinski definition) is 2. The van der Waals surface area contributed by atoms with Crippen LogP contribution in [0.3, 0.4) is 0 Å². The number of amides is 3. The van der Waals surface area contributed by atoms with Gasteiger partial charge in [-0.25, -0.2) is 9.59 Å². The van der Waals surface area contributed by atoms with E-state index in [2.05, 4.69) is 16.7 Å². The molecule has 0 spiro atoms. The number of esters is 1. The zero-order valence-corrected chi connectivity index (χ0v) is 26.0. The quantitative estimate of drug-likeness (QED) is 0.253. The van der Waals surface area contributed by atoms with Gasteiger partial charge in [0.15, 0.2) is 0 Å². The Morgan fingerprint density at radius 3 is 2.00 bits per heavy atom. The van der Waals surface area contributed by atoms with Gasteiger partial charge in [0.25, 0.3) is 5.91 Å². The van der Waals surface area contributed by atoms with E-state index in [4.69, 9.17) is 15.9 Å². The number of carbonyl (C=O) groups is 4. The standard InChI is InChI=1S/C33H43N3O6/c1-11-36(29(38)23(4)34-31(40)42-33(8,9)10)27(25-18-17-21(2)22(3)19-25)28(37)35-26(30(39)41-32(5,6)7)20-24-15-13-12-14-16-24/h1,12-19,23,26-27H,20H2,2-10H3,(H,34,40)(H,35,37). The van der Waals surface area contributed by atoms with Crippen molar-refractivity contribution >= 4 is 23.9 Å². The minimum atomic E-state index is -1.31. The monoisotopic (exact) mass is 577 g/mol. The van der Waals surface area contributed by atoms with Crippen molar-refractivity contribution in [3.63, 3.8) is 0 Å². The molecule has 42 heavy (non-hydrogen) atoms. The molecule has 0 aliphatic rings. The number of nitrogens with one attached hydrogen (secondary N) is 2. The smallest absolute Gasteiger partial charge is 0.408 e. The molecular weight excluding hydrogens is 534 g/mol. The second-order valence-corrected chi connectivity index (χ2v) is 12.2. The molecule has 3 atom stereocenters. The van der Waals surface area contributed by atoms with Crippen molar-refractivity contribution in [1.29, 1.82) is 0 Å². The van der Waals surface area contributed by atoms with Gasteiger partial charge < -0.3 is 20.1 Å². The van der Waals surface area contributed by atoms with Crippen LogP contribution in [0.4, 0.5) is 4.79 Å². The Labute approximate surface area is 249 Å². The van der Waals surface area contributed by atoms with Gasteiger partial charge in [0.05, 0.1) is 0 Å².